The third kappa shape index (κ3) is 8.19. The molecule has 1 aromatic carbocycles. The maximum absolute atomic E-state index is 10.5. The quantitative estimate of drug-likeness (QED) is 0.102. The second-order valence-electron chi connectivity index (χ2n) is 4.42. The van der Waals surface area contributed by atoms with Crippen LogP contribution in [0.2, 0.25) is 0 Å². The fraction of sp³-hybridized carbons (Fsp3) is 0.143. The van der Waals surface area contributed by atoms with Crippen molar-refractivity contribution in [1.29, 1.82) is 0 Å². The maximum atomic E-state index is 10.5. The van der Waals surface area contributed by atoms with Gasteiger partial charge in [0, 0.05) is 0 Å². The Kier molecular flexibility index (Phi) is 8.60. The summed E-state index contributed by atoms with van der Waals surface area (Å²) in [6.45, 7) is 1.84. The molecule has 0 spiro atoms. The molecule has 8 nitrogen and oxygen atoms in total. The summed E-state index contributed by atoms with van der Waals surface area (Å²) in [6, 6.07) is 5.99. The van der Waals surface area contributed by atoms with Gasteiger partial charge in [-0.1, -0.05) is 17.7 Å². The summed E-state index contributed by atoms with van der Waals surface area (Å²) in [5, 5.41) is 15.5. The van der Waals surface area contributed by atoms with Crippen molar-refractivity contribution in [3.63, 3.8) is 0 Å². The first-order valence-electron chi connectivity index (χ1n) is 6.59. The number of guanidine groups is 1. The van der Waals surface area contributed by atoms with Crippen LogP contribution in [0.25, 0.3) is 0 Å². The molecule has 24 heavy (non-hydrogen) atoms. The van der Waals surface area contributed by atoms with Crippen LogP contribution in [0, 0.1) is 6.92 Å². The molecule has 0 bridgehead atoms. The van der Waals surface area contributed by atoms with Crippen molar-refractivity contribution < 1.29 is 39.4 Å². The van der Waals surface area contributed by atoms with Crippen molar-refractivity contribution in [3.05, 3.63) is 52.1 Å². The van der Waals surface area contributed by atoms with Gasteiger partial charge in [0.25, 0.3) is 10.1 Å². The number of hydrogen-bond donors (Lipinski definition) is 4. The van der Waals surface area contributed by atoms with E-state index in [2.05, 4.69) is 20.4 Å². The van der Waals surface area contributed by atoms with Crippen LogP contribution in [0.4, 0.5) is 0 Å². The first-order valence-corrected chi connectivity index (χ1v) is 10.5. The molecule has 0 saturated carbocycles. The van der Waals surface area contributed by atoms with Crippen LogP contribution in [0.1, 0.15) is 5.56 Å². The van der Waals surface area contributed by atoms with Crippen LogP contribution in [0.5, 0.6) is 0 Å². The van der Waals surface area contributed by atoms with Gasteiger partial charge in [-0.2, -0.15) is 8.42 Å². The van der Waals surface area contributed by atoms with Gasteiger partial charge in [-0.15, -0.1) is 0 Å². The van der Waals surface area contributed by atoms with E-state index in [-0.39, 0.29) is 32.1 Å². The summed E-state index contributed by atoms with van der Waals surface area (Å²) >= 11 is 0.00231. The molecule has 0 aromatic heterocycles. The van der Waals surface area contributed by atoms with Gasteiger partial charge in [0.2, 0.25) is 0 Å². The van der Waals surface area contributed by atoms with Crippen molar-refractivity contribution in [3.8, 4) is 0 Å². The van der Waals surface area contributed by atoms with Gasteiger partial charge < -0.3 is 0 Å². The zero-order valence-electron chi connectivity index (χ0n) is 12.7. The van der Waals surface area contributed by atoms with Crippen molar-refractivity contribution in [2.45, 2.75) is 15.7 Å². The van der Waals surface area contributed by atoms with Crippen molar-refractivity contribution in [2.75, 3.05) is 0 Å². The minimum absolute atomic E-state index is 0.00231. The van der Waals surface area contributed by atoms with Crippen molar-refractivity contribution >= 4 is 22.3 Å². The normalized spacial score (nSPS) is 17.8. The molecule has 1 aromatic rings. The molecule has 1 aliphatic rings. The summed E-state index contributed by atoms with van der Waals surface area (Å²) in [6.07, 6.45) is 7.80. The van der Waals surface area contributed by atoms with E-state index in [4.69, 9.17) is 15.5 Å². The second-order valence-corrected chi connectivity index (χ2v) is 8.72. The number of aryl methyl sites for hydroxylation is 1. The molecule has 1 atom stereocenters. The Bertz CT molecular complexity index is 743. The van der Waals surface area contributed by atoms with Crippen LogP contribution >= 0.6 is 0 Å². The Balaban J connectivity index is 0.000000243. The molecule has 1 unspecified atom stereocenters. The monoisotopic (exact) mass is 465 g/mol. The predicted octanol–water partition coefficient (Wildman–Crippen LogP) is -1.95. The number of hydrogen-bond acceptors (Lipinski definition) is 5. The third-order valence-corrected chi connectivity index (χ3v) is 5.77. The van der Waals surface area contributed by atoms with Crippen molar-refractivity contribution in [2.24, 2.45) is 15.9 Å². The van der Waals surface area contributed by atoms with E-state index >= 15 is 0 Å². The Morgan fingerprint density at radius 1 is 1.33 bits per heavy atom. The summed E-state index contributed by atoms with van der Waals surface area (Å²) in [4.78, 5) is -0.0666. The molecule has 1 aliphatic heterocycles. The third-order valence-electron chi connectivity index (χ3n) is 2.50. The van der Waals surface area contributed by atoms with E-state index in [1.165, 1.54) is 12.1 Å². The second kappa shape index (κ2) is 10.2. The average molecular weight is 465 g/mol. The summed E-state index contributed by atoms with van der Waals surface area (Å²) in [5.74, 6) is -0.107. The number of hydroxylamine groups is 1. The van der Waals surface area contributed by atoms with Gasteiger partial charge in [-0.05, 0) is 19.1 Å². The Hall–Kier alpha value is -1.76. The molecule has 1 heterocycles. The van der Waals surface area contributed by atoms with Crippen LogP contribution in [-0.2, 0) is 10.1 Å². The number of nitrogens with two attached hydrogens (primary N) is 1. The number of nitrogens with one attached hydrogen (secondary N) is 1. The topological polar surface area (TPSA) is 137 Å². The number of halogens is 1. The fourth-order valence-corrected chi connectivity index (χ4v) is 3.60. The first kappa shape index (κ1) is 20.3. The Labute approximate surface area is 150 Å². The SMILES string of the molecule is Cc1ccc(S(=O)(=O)O)cc1.NC(=NN=CC1C=CC=C[I-]1)NO. The molecule has 2 rings (SSSR count). The van der Waals surface area contributed by atoms with Crippen LogP contribution in [0.3, 0.4) is 0 Å². The van der Waals surface area contributed by atoms with Gasteiger partial charge in [0.05, 0.1) is 4.90 Å². The van der Waals surface area contributed by atoms with Gasteiger partial charge in [-0.25, -0.2) is 0 Å². The summed E-state index contributed by atoms with van der Waals surface area (Å²) in [7, 11) is -4.02. The van der Waals surface area contributed by atoms with E-state index < -0.39 is 10.1 Å². The number of nitrogens with zero attached hydrogens (tertiary/aromatic N) is 2. The fourth-order valence-electron chi connectivity index (χ4n) is 1.35. The number of alkyl halides is 1. The molecule has 0 fully saturated rings. The summed E-state index contributed by atoms with van der Waals surface area (Å²) < 4.78 is 32.1. The van der Waals surface area contributed by atoms with Crippen LogP contribution < -0.4 is 32.4 Å². The number of rotatable bonds is 3. The van der Waals surface area contributed by atoms with Crippen LogP contribution in [0.15, 0.2) is 61.7 Å². The molecule has 5 N–H and O–H groups in total. The molecule has 0 radical (unpaired) electrons. The van der Waals surface area contributed by atoms with Crippen molar-refractivity contribution in [1.82, 2.24) is 5.48 Å². The van der Waals surface area contributed by atoms with E-state index in [0.717, 1.165) is 5.56 Å². The Morgan fingerprint density at radius 2 is 2.00 bits per heavy atom. The molecular weight excluding hydrogens is 447 g/mol. The summed E-state index contributed by atoms with van der Waals surface area (Å²) in [5.41, 5.74) is 7.79. The molecule has 0 amide bonds. The molecule has 10 heteroatoms. The molecule has 0 aliphatic carbocycles. The molecule has 0 saturated heterocycles. The molecular formula is C14H18IN4O4S-. The van der Waals surface area contributed by atoms with Gasteiger partial charge in [0.1, 0.15) is 0 Å². The van der Waals surface area contributed by atoms with E-state index in [9.17, 15) is 8.42 Å². The van der Waals surface area contributed by atoms with E-state index in [1.54, 1.807) is 23.8 Å². The molecule has 132 valence electrons. The number of benzene rings is 1. The van der Waals surface area contributed by atoms with Gasteiger partial charge in [0.15, 0.2) is 0 Å². The predicted molar refractivity (Wildman–Crippen MR) is 88.1 cm³/mol. The van der Waals surface area contributed by atoms with E-state index in [0.29, 0.717) is 3.92 Å². The minimum atomic E-state index is -4.02. The first-order chi connectivity index (χ1) is 11.3. The standard InChI is InChI=1S/C7H10IN4O.C7H8O3S/c9-7(12-13)11-10-5-6-3-1-2-4-8-6;1-6-2-4-7(5-3-6)11(8,9)10/h1-6,13H,(H3,9,11,12);2-5H,1H3,(H,8,9,10)/q-1;. The zero-order valence-corrected chi connectivity index (χ0v) is 15.7. The average Bonchev–Trinajstić information content (AvgIpc) is 2.56. The van der Waals surface area contributed by atoms with Gasteiger partial charge in [-0.3, -0.25) is 4.55 Å². The number of allylic oxidation sites excluding steroid dienone is 3. The van der Waals surface area contributed by atoms with Gasteiger partial charge >= 0.3 is 86.2 Å². The van der Waals surface area contributed by atoms with Crippen LogP contribution in [-0.4, -0.2) is 34.3 Å². The zero-order chi connectivity index (χ0) is 18.0. The van der Waals surface area contributed by atoms with E-state index in [1.807, 2.05) is 19.1 Å². The Morgan fingerprint density at radius 3 is 2.50 bits per heavy atom.